The van der Waals surface area contributed by atoms with Crippen LogP contribution in [0, 0.1) is 18.6 Å². The highest BCUT2D eigenvalue weighted by Crippen LogP contribution is 2.32. The fourth-order valence-corrected chi connectivity index (χ4v) is 5.62. The maximum Gasteiger partial charge on any atom is 0.407 e. The molecule has 4 aromatic rings. The molecular weight excluding hydrogens is 506 g/mol. The number of anilines is 1. The lowest BCUT2D eigenvalue weighted by molar-refractivity contribution is 0.132. The van der Waals surface area contributed by atoms with Crippen molar-refractivity contribution in [2.24, 2.45) is 0 Å². The van der Waals surface area contributed by atoms with E-state index in [0.29, 0.717) is 19.4 Å². The Labute approximate surface area is 210 Å². The predicted molar refractivity (Wildman–Crippen MR) is 131 cm³/mol. The quantitative estimate of drug-likeness (QED) is 0.399. The normalized spacial score (nSPS) is 16.2. The number of carbonyl (C=O) groups is 1. The molecule has 0 radical (unpaired) electrons. The van der Waals surface area contributed by atoms with E-state index in [-0.39, 0.29) is 45.7 Å². The Hall–Kier alpha value is -4.13. The lowest BCUT2D eigenvalue weighted by Crippen LogP contribution is -2.44. The summed E-state index contributed by atoms with van der Waals surface area (Å²) in [4.78, 5) is 24.8. The van der Waals surface area contributed by atoms with Gasteiger partial charge in [0.05, 0.1) is 17.3 Å². The highest BCUT2D eigenvalue weighted by molar-refractivity contribution is 7.90. The van der Waals surface area contributed by atoms with E-state index in [2.05, 4.69) is 20.3 Å². The van der Waals surface area contributed by atoms with Gasteiger partial charge in [0.25, 0.3) is 10.0 Å². The summed E-state index contributed by atoms with van der Waals surface area (Å²) in [6.07, 6.45) is 3.20. The molecule has 5 rings (SSSR count). The standard InChI is InChI=1S/C24H22F2N6O4S/c1-14-4-6-17(7-5-14)37(35,36)32-13-19(18-9-15(25)10-28-23(18)32)21-27-11-20(26)22(30-21)29-16-3-2-8-31(12-16)24(33)34/h4-7,9-11,13,16H,2-3,8,12H2,1H3,(H,33,34)(H,27,29,30). The number of aromatic nitrogens is 4. The molecule has 1 aliphatic rings. The Morgan fingerprint density at radius 2 is 1.92 bits per heavy atom. The highest BCUT2D eigenvalue weighted by atomic mass is 32.2. The van der Waals surface area contributed by atoms with Crippen LogP contribution in [0.4, 0.5) is 19.4 Å². The molecule has 1 saturated heterocycles. The number of rotatable bonds is 5. The molecule has 1 atom stereocenters. The summed E-state index contributed by atoms with van der Waals surface area (Å²) in [7, 11) is -4.11. The van der Waals surface area contributed by atoms with E-state index >= 15 is 0 Å². The minimum atomic E-state index is -4.11. The van der Waals surface area contributed by atoms with Gasteiger partial charge in [0.15, 0.2) is 23.1 Å². The van der Waals surface area contributed by atoms with Crippen molar-refractivity contribution in [2.75, 3.05) is 18.4 Å². The molecule has 0 bridgehead atoms. The Morgan fingerprint density at radius 3 is 2.65 bits per heavy atom. The van der Waals surface area contributed by atoms with Crippen LogP contribution in [0.1, 0.15) is 18.4 Å². The predicted octanol–water partition coefficient (Wildman–Crippen LogP) is 3.87. The maximum absolute atomic E-state index is 14.6. The van der Waals surface area contributed by atoms with Gasteiger partial charge in [-0.2, -0.15) is 0 Å². The minimum absolute atomic E-state index is 0.00957. The zero-order chi connectivity index (χ0) is 26.3. The SMILES string of the molecule is Cc1ccc(S(=O)(=O)n2cc(-c3ncc(F)c(NC4CCCN(C(=O)O)C4)n3)c3cc(F)cnc32)cc1. The van der Waals surface area contributed by atoms with Crippen LogP contribution >= 0.6 is 0 Å². The summed E-state index contributed by atoms with van der Waals surface area (Å²) >= 11 is 0. The zero-order valence-electron chi connectivity index (χ0n) is 19.6. The lowest BCUT2D eigenvalue weighted by Gasteiger charge is -2.31. The smallest absolute Gasteiger partial charge is 0.407 e. The third-order valence-electron chi connectivity index (χ3n) is 6.17. The first-order valence-electron chi connectivity index (χ1n) is 11.4. The van der Waals surface area contributed by atoms with E-state index in [9.17, 15) is 27.1 Å². The van der Waals surface area contributed by atoms with Crippen LogP contribution in [-0.2, 0) is 10.0 Å². The molecule has 13 heteroatoms. The van der Waals surface area contributed by atoms with Gasteiger partial charge in [-0.25, -0.2) is 40.9 Å². The molecular formula is C24H22F2N6O4S. The maximum atomic E-state index is 14.6. The number of likely N-dealkylation sites (tertiary alicyclic amines) is 1. The third kappa shape index (κ3) is 4.69. The van der Waals surface area contributed by atoms with Crippen molar-refractivity contribution in [2.45, 2.75) is 30.7 Å². The van der Waals surface area contributed by atoms with Crippen LogP contribution in [0.25, 0.3) is 22.4 Å². The highest BCUT2D eigenvalue weighted by Gasteiger charge is 2.27. The molecule has 4 heterocycles. The number of piperidine rings is 1. The number of carboxylic acid groups (broad SMARTS) is 1. The molecule has 1 unspecified atom stereocenters. The van der Waals surface area contributed by atoms with Crippen LogP contribution in [-0.4, -0.2) is 62.6 Å². The van der Waals surface area contributed by atoms with Crippen LogP contribution in [0.15, 0.2) is 53.8 Å². The molecule has 192 valence electrons. The summed E-state index contributed by atoms with van der Waals surface area (Å²) in [5.41, 5.74) is 0.974. The third-order valence-corrected chi connectivity index (χ3v) is 7.84. The number of benzene rings is 1. The number of nitrogens with one attached hydrogen (secondary N) is 1. The van der Waals surface area contributed by atoms with Gasteiger partial charge in [0, 0.05) is 36.3 Å². The molecule has 1 aromatic carbocycles. The molecule has 0 saturated carbocycles. The fraction of sp³-hybridized carbons (Fsp3) is 0.250. The van der Waals surface area contributed by atoms with Crippen LogP contribution in [0.2, 0.25) is 0 Å². The van der Waals surface area contributed by atoms with Crippen molar-refractivity contribution in [1.82, 2.24) is 23.8 Å². The van der Waals surface area contributed by atoms with Gasteiger partial charge in [-0.3, -0.25) is 0 Å². The number of nitrogens with zero attached hydrogens (tertiary/aromatic N) is 5. The fourth-order valence-electron chi connectivity index (χ4n) is 4.30. The molecule has 10 nitrogen and oxygen atoms in total. The van der Waals surface area contributed by atoms with Gasteiger partial charge in [-0.05, 0) is 38.0 Å². The minimum Gasteiger partial charge on any atom is -0.465 e. The molecule has 3 aromatic heterocycles. The number of halogens is 2. The lowest BCUT2D eigenvalue weighted by atomic mass is 10.1. The first-order valence-corrected chi connectivity index (χ1v) is 12.8. The second kappa shape index (κ2) is 9.39. The Kier molecular flexibility index (Phi) is 6.23. The number of hydrogen-bond donors (Lipinski definition) is 2. The number of amides is 1. The number of fused-ring (bicyclic) bond motifs is 1. The Bertz CT molecular complexity index is 1610. The monoisotopic (exact) mass is 528 g/mol. The van der Waals surface area contributed by atoms with Crippen LogP contribution < -0.4 is 5.32 Å². The van der Waals surface area contributed by atoms with E-state index in [0.717, 1.165) is 28.0 Å². The van der Waals surface area contributed by atoms with E-state index in [1.54, 1.807) is 12.1 Å². The summed E-state index contributed by atoms with van der Waals surface area (Å²) in [6, 6.07) is 6.96. The Balaban J connectivity index is 1.57. The van der Waals surface area contributed by atoms with Gasteiger partial charge in [-0.1, -0.05) is 17.7 Å². The average molecular weight is 529 g/mol. The van der Waals surface area contributed by atoms with Crippen LogP contribution in [0.5, 0.6) is 0 Å². The summed E-state index contributed by atoms with van der Waals surface area (Å²) in [6.45, 7) is 2.36. The molecule has 0 aliphatic carbocycles. The summed E-state index contributed by atoms with van der Waals surface area (Å²) in [5.74, 6) is -1.69. The number of hydrogen-bond acceptors (Lipinski definition) is 7. The Morgan fingerprint density at radius 1 is 1.16 bits per heavy atom. The average Bonchev–Trinajstić information content (AvgIpc) is 3.25. The molecule has 1 fully saturated rings. The van der Waals surface area contributed by atoms with Crippen molar-refractivity contribution in [3.8, 4) is 11.4 Å². The topological polar surface area (TPSA) is 130 Å². The summed E-state index contributed by atoms with van der Waals surface area (Å²) in [5, 5.41) is 12.3. The second-order valence-electron chi connectivity index (χ2n) is 8.78. The zero-order valence-corrected chi connectivity index (χ0v) is 20.4. The molecule has 0 spiro atoms. The van der Waals surface area contributed by atoms with E-state index in [1.807, 2.05) is 6.92 Å². The second-order valence-corrected chi connectivity index (χ2v) is 10.6. The van der Waals surface area contributed by atoms with Gasteiger partial charge < -0.3 is 15.3 Å². The summed E-state index contributed by atoms with van der Waals surface area (Å²) < 4.78 is 56.6. The van der Waals surface area contributed by atoms with Crippen molar-refractivity contribution < 1.29 is 27.1 Å². The van der Waals surface area contributed by atoms with Gasteiger partial charge >= 0.3 is 6.09 Å². The van der Waals surface area contributed by atoms with Crippen molar-refractivity contribution in [1.29, 1.82) is 0 Å². The van der Waals surface area contributed by atoms with Crippen LogP contribution in [0.3, 0.4) is 0 Å². The van der Waals surface area contributed by atoms with Crippen molar-refractivity contribution in [3.63, 3.8) is 0 Å². The first kappa shape index (κ1) is 24.6. The van der Waals surface area contributed by atoms with Crippen molar-refractivity contribution in [3.05, 3.63) is 66.1 Å². The first-order chi connectivity index (χ1) is 17.6. The van der Waals surface area contributed by atoms with Gasteiger partial charge in [0.2, 0.25) is 0 Å². The van der Waals surface area contributed by atoms with E-state index < -0.39 is 27.8 Å². The molecule has 1 amide bonds. The molecule has 37 heavy (non-hydrogen) atoms. The largest absolute Gasteiger partial charge is 0.465 e. The van der Waals surface area contributed by atoms with E-state index in [1.165, 1.54) is 23.2 Å². The number of aryl methyl sites for hydroxylation is 1. The van der Waals surface area contributed by atoms with Gasteiger partial charge in [0.1, 0.15) is 5.82 Å². The molecule has 1 aliphatic heterocycles. The van der Waals surface area contributed by atoms with Gasteiger partial charge in [-0.15, -0.1) is 0 Å². The van der Waals surface area contributed by atoms with Crippen molar-refractivity contribution >= 4 is 33.0 Å². The molecule has 2 N–H and O–H groups in total. The number of pyridine rings is 1. The van der Waals surface area contributed by atoms with E-state index in [4.69, 9.17) is 0 Å².